The number of Topliss-reactive ketones (excluding diaryl/α,β-unsaturated/α-hetero) is 1. The first-order valence-corrected chi connectivity index (χ1v) is 6.58. The molecule has 0 bridgehead atoms. The van der Waals surface area contributed by atoms with Gasteiger partial charge in [-0.1, -0.05) is 30.3 Å². The molecular weight excluding hydrogens is 252 g/mol. The lowest BCUT2D eigenvalue weighted by Crippen LogP contribution is -2.37. The molecular formula is C12H12N2O3S. The van der Waals surface area contributed by atoms with Crippen molar-refractivity contribution in [2.75, 3.05) is 12.3 Å². The van der Waals surface area contributed by atoms with Crippen molar-refractivity contribution >= 4 is 22.6 Å². The topological polar surface area (TPSA) is 72.6 Å². The van der Waals surface area contributed by atoms with Gasteiger partial charge in [-0.05, 0) is 6.42 Å². The maximum Gasteiger partial charge on any atom is 0.321 e. The van der Waals surface area contributed by atoms with Gasteiger partial charge in [0.15, 0.2) is 5.04 Å². The number of carbonyl (C=O) groups is 1. The van der Waals surface area contributed by atoms with Crippen molar-refractivity contribution in [1.82, 2.24) is 0 Å². The van der Waals surface area contributed by atoms with E-state index >= 15 is 0 Å². The first kappa shape index (κ1) is 12.8. The third-order valence-electron chi connectivity index (χ3n) is 2.57. The Morgan fingerprint density at radius 1 is 1.39 bits per heavy atom. The van der Waals surface area contributed by atoms with Gasteiger partial charge in [-0.25, -0.2) is 0 Å². The lowest BCUT2D eigenvalue weighted by Gasteiger charge is -2.14. The summed E-state index contributed by atoms with van der Waals surface area (Å²) in [6.45, 7) is 0.564. The summed E-state index contributed by atoms with van der Waals surface area (Å²) in [6.07, 6.45) is 0.901. The average molecular weight is 264 g/mol. The molecule has 0 fully saturated rings. The van der Waals surface area contributed by atoms with Crippen molar-refractivity contribution < 1.29 is 9.72 Å². The van der Waals surface area contributed by atoms with Crippen LogP contribution in [0.1, 0.15) is 16.8 Å². The van der Waals surface area contributed by atoms with E-state index in [1.54, 1.807) is 30.3 Å². The zero-order valence-electron chi connectivity index (χ0n) is 9.61. The first-order chi connectivity index (χ1) is 8.70. The Labute approximate surface area is 108 Å². The monoisotopic (exact) mass is 264 g/mol. The van der Waals surface area contributed by atoms with Crippen molar-refractivity contribution in [3.8, 4) is 0 Å². The maximum absolute atomic E-state index is 12.1. The predicted molar refractivity (Wildman–Crippen MR) is 70.9 cm³/mol. The Bertz CT molecular complexity index is 487. The summed E-state index contributed by atoms with van der Waals surface area (Å²) in [5.41, 5.74) is 0.355. The number of rotatable bonds is 4. The minimum atomic E-state index is -1.35. The van der Waals surface area contributed by atoms with Crippen LogP contribution in [0.4, 0.5) is 0 Å². The van der Waals surface area contributed by atoms with Gasteiger partial charge >= 0.3 is 6.04 Å². The Hall–Kier alpha value is -1.69. The molecule has 0 aliphatic carbocycles. The Morgan fingerprint density at radius 3 is 2.67 bits per heavy atom. The lowest BCUT2D eigenvalue weighted by molar-refractivity contribution is -0.485. The fourth-order valence-electron chi connectivity index (χ4n) is 1.70. The molecule has 94 valence electrons. The fraction of sp³-hybridized carbons (Fsp3) is 0.333. The Kier molecular flexibility index (Phi) is 4.09. The largest absolute Gasteiger partial charge is 0.321 e. The lowest BCUT2D eigenvalue weighted by atomic mass is 10.1. The highest BCUT2D eigenvalue weighted by molar-refractivity contribution is 8.14. The molecule has 1 atom stereocenters. The van der Waals surface area contributed by atoms with E-state index in [2.05, 4.69) is 4.99 Å². The zero-order valence-corrected chi connectivity index (χ0v) is 10.4. The number of ketones is 1. The molecule has 0 N–H and O–H groups in total. The highest BCUT2D eigenvalue weighted by atomic mass is 32.2. The molecule has 0 spiro atoms. The second-order valence-electron chi connectivity index (χ2n) is 3.84. The van der Waals surface area contributed by atoms with Gasteiger partial charge in [0.2, 0.25) is 5.78 Å². The van der Waals surface area contributed by atoms with E-state index in [0.29, 0.717) is 17.2 Å². The number of carbonyl (C=O) groups excluding carboxylic acids is 1. The number of hydrogen-bond acceptors (Lipinski definition) is 5. The second kappa shape index (κ2) is 5.77. The van der Waals surface area contributed by atoms with Crippen molar-refractivity contribution in [3.05, 3.63) is 46.0 Å². The summed E-state index contributed by atoms with van der Waals surface area (Å²) >= 11 is 1.31. The first-order valence-electron chi connectivity index (χ1n) is 5.60. The number of nitrogens with zero attached hydrogens (tertiary/aromatic N) is 2. The molecule has 1 heterocycles. The number of hydrogen-bond donors (Lipinski definition) is 0. The van der Waals surface area contributed by atoms with Crippen LogP contribution in [0.5, 0.6) is 0 Å². The zero-order chi connectivity index (χ0) is 13.0. The van der Waals surface area contributed by atoms with E-state index < -0.39 is 16.7 Å². The van der Waals surface area contributed by atoms with Gasteiger partial charge < -0.3 is 0 Å². The SMILES string of the molecule is O=C(c1ccccc1)C(C1=NCCCS1)[N+](=O)[O-]. The van der Waals surface area contributed by atoms with Crippen LogP contribution in [0.3, 0.4) is 0 Å². The Morgan fingerprint density at radius 2 is 2.11 bits per heavy atom. The van der Waals surface area contributed by atoms with Crippen LogP contribution < -0.4 is 0 Å². The summed E-state index contributed by atoms with van der Waals surface area (Å²) in [5, 5.41) is 11.4. The van der Waals surface area contributed by atoms with Gasteiger partial charge in [0.25, 0.3) is 0 Å². The number of benzene rings is 1. The highest BCUT2D eigenvalue weighted by Gasteiger charge is 2.37. The van der Waals surface area contributed by atoms with Crippen LogP contribution in [0, 0.1) is 10.1 Å². The normalized spacial score (nSPS) is 16.8. The molecule has 18 heavy (non-hydrogen) atoms. The predicted octanol–water partition coefficient (Wildman–Crippen LogP) is 2.05. The number of aliphatic imine (C=N–C) groups is 1. The number of nitro groups is 1. The van der Waals surface area contributed by atoms with Crippen molar-refractivity contribution in [3.63, 3.8) is 0 Å². The summed E-state index contributed by atoms with van der Waals surface area (Å²) < 4.78 is 0. The molecule has 1 aromatic carbocycles. The minimum absolute atomic E-state index is 0.333. The van der Waals surface area contributed by atoms with Gasteiger partial charge in [0.1, 0.15) is 0 Å². The van der Waals surface area contributed by atoms with Crippen LogP contribution >= 0.6 is 11.8 Å². The third kappa shape index (κ3) is 2.76. The second-order valence-corrected chi connectivity index (χ2v) is 4.96. The molecule has 5 nitrogen and oxygen atoms in total. The van der Waals surface area contributed by atoms with Crippen LogP contribution in [0.2, 0.25) is 0 Å². The van der Waals surface area contributed by atoms with Crippen molar-refractivity contribution in [2.24, 2.45) is 4.99 Å². The van der Waals surface area contributed by atoms with Crippen LogP contribution in [-0.4, -0.2) is 34.1 Å². The molecule has 0 aromatic heterocycles. The molecule has 0 saturated carbocycles. The van der Waals surface area contributed by atoms with Crippen LogP contribution in [-0.2, 0) is 0 Å². The van der Waals surface area contributed by atoms with E-state index in [1.807, 2.05) is 0 Å². The molecule has 1 aromatic rings. The minimum Gasteiger partial charge on any atom is -0.286 e. The number of thioether (sulfide) groups is 1. The van der Waals surface area contributed by atoms with Gasteiger partial charge in [-0.3, -0.25) is 19.9 Å². The Balaban J connectivity index is 2.28. The summed E-state index contributed by atoms with van der Waals surface area (Å²) in [4.78, 5) is 26.8. The molecule has 1 unspecified atom stereocenters. The van der Waals surface area contributed by atoms with E-state index in [-0.39, 0.29) is 0 Å². The van der Waals surface area contributed by atoms with Gasteiger partial charge in [0, 0.05) is 22.8 Å². The molecule has 1 aliphatic heterocycles. The van der Waals surface area contributed by atoms with Gasteiger partial charge in [0.05, 0.1) is 0 Å². The fourth-order valence-corrected chi connectivity index (χ4v) is 2.72. The smallest absolute Gasteiger partial charge is 0.286 e. The quantitative estimate of drug-likeness (QED) is 0.474. The van der Waals surface area contributed by atoms with Crippen LogP contribution in [0.15, 0.2) is 35.3 Å². The molecule has 0 radical (unpaired) electrons. The maximum atomic E-state index is 12.1. The summed E-state index contributed by atoms with van der Waals surface area (Å²) in [7, 11) is 0. The van der Waals surface area contributed by atoms with E-state index in [0.717, 1.165) is 12.2 Å². The van der Waals surface area contributed by atoms with Gasteiger partial charge in [-0.2, -0.15) is 0 Å². The van der Waals surface area contributed by atoms with Crippen LogP contribution in [0.25, 0.3) is 0 Å². The molecule has 1 aliphatic rings. The molecule has 0 amide bonds. The van der Waals surface area contributed by atoms with Crippen molar-refractivity contribution in [1.29, 1.82) is 0 Å². The highest BCUT2D eigenvalue weighted by Crippen LogP contribution is 2.19. The van der Waals surface area contributed by atoms with Crippen molar-refractivity contribution in [2.45, 2.75) is 12.5 Å². The average Bonchev–Trinajstić information content (AvgIpc) is 2.40. The molecule has 0 saturated heterocycles. The molecule has 2 rings (SSSR count). The summed E-state index contributed by atoms with van der Waals surface area (Å²) in [6, 6.07) is 6.99. The van der Waals surface area contributed by atoms with E-state index in [1.165, 1.54) is 11.8 Å². The standard InChI is InChI=1S/C12H12N2O3S/c15-11(9-5-2-1-3-6-9)10(14(16)17)12-13-7-4-8-18-12/h1-3,5-6,10H,4,7-8H2. The van der Waals surface area contributed by atoms with E-state index in [4.69, 9.17) is 0 Å². The van der Waals surface area contributed by atoms with E-state index in [9.17, 15) is 14.9 Å². The summed E-state index contributed by atoms with van der Waals surface area (Å²) in [5.74, 6) is 0.291. The molecule has 6 heteroatoms. The van der Waals surface area contributed by atoms with Gasteiger partial charge in [-0.15, -0.1) is 11.8 Å². The third-order valence-corrected chi connectivity index (χ3v) is 3.71.